The minimum Gasteiger partial charge on any atom is -0.494 e. The Balaban J connectivity index is 1.97. The van der Waals surface area contributed by atoms with Crippen molar-refractivity contribution in [2.24, 2.45) is 0 Å². The molecule has 0 saturated carbocycles. The number of hydrogen-bond acceptors (Lipinski definition) is 5. The van der Waals surface area contributed by atoms with E-state index in [1.807, 2.05) is 19.9 Å². The first-order chi connectivity index (χ1) is 13.0. The van der Waals surface area contributed by atoms with Crippen LogP contribution in [0.25, 0.3) is 10.2 Å². The van der Waals surface area contributed by atoms with Gasteiger partial charge in [-0.2, -0.15) is 0 Å². The highest BCUT2D eigenvalue weighted by Crippen LogP contribution is 2.30. The van der Waals surface area contributed by atoms with Crippen LogP contribution < -0.4 is 10.3 Å². The highest BCUT2D eigenvalue weighted by Gasteiger charge is 2.17. The maximum absolute atomic E-state index is 13.9. The van der Waals surface area contributed by atoms with Crippen LogP contribution in [0.1, 0.15) is 35.8 Å². The van der Waals surface area contributed by atoms with Gasteiger partial charge in [-0.05, 0) is 43.5 Å². The predicted molar refractivity (Wildman–Crippen MR) is 111 cm³/mol. The van der Waals surface area contributed by atoms with E-state index in [2.05, 4.69) is 6.92 Å². The molecule has 1 aromatic carbocycles. The van der Waals surface area contributed by atoms with Crippen LogP contribution in [0.2, 0.25) is 0 Å². The molecule has 0 aliphatic heterocycles. The third kappa shape index (κ3) is 4.04. The van der Waals surface area contributed by atoms with Crippen molar-refractivity contribution in [2.75, 3.05) is 7.11 Å². The van der Waals surface area contributed by atoms with Gasteiger partial charge in [-0.3, -0.25) is 9.36 Å². The van der Waals surface area contributed by atoms with Gasteiger partial charge in [0.1, 0.15) is 4.83 Å². The Bertz CT molecular complexity index is 1030. The van der Waals surface area contributed by atoms with E-state index in [0.29, 0.717) is 17.5 Å². The molecule has 3 aromatic rings. The molecule has 7 heteroatoms. The van der Waals surface area contributed by atoms with Gasteiger partial charge in [-0.15, -0.1) is 11.3 Å². The van der Waals surface area contributed by atoms with Crippen molar-refractivity contribution in [3.63, 3.8) is 0 Å². The molecule has 0 N–H and O–H groups in total. The van der Waals surface area contributed by atoms with Gasteiger partial charge in [0.25, 0.3) is 5.56 Å². The van der Waals surface area contributed by atoms with Gasteiger partial charge >= 0.3 is 0 Å². The summed E-state index contributed by atoms with van der Waals surface area (Å²) in [4.78, 5) is 19.8. The van der Waals surface area contributed by atoms with E-state index < -0.39 is 0 Å². The number of methoxy groups -OCH3 is 1. The van der Waals surface area contributed by atoms with Crippen molar-refractivity contribution >= 4 is 33.3 Å². The van der Waals surface area contributed by atoms with Crippen molar-refractivity contribution in [3.05, 3.63) is 50.4 Å². The van der Waals surface area contributed by atoms with Crippen molar-refractivity contribution in [3.8, 4) is 5.75 Å². The fraction of sp³-hybridized carbons (Fsp3) is 0.400. The number of aromatic nitrogens is 2. The molecule has 27 heavy (non-hydrogen) atoms. The zero-order chi connectivity index (χ0) is 19.6. The number of ether oxygens (including phenoxy) is 1. The maximum Gasteiger partial charge on any atom is 0.263 e. The lowest BCUT2D eigenvalue weighted by Crippen LogP contribution is -2.23. The Hall–Kier alpha value is -1.86. The molecule has 2 aromatic heterocycles. The Morgan fingerprint density at radius 1 is 1.33 bits per heavy atom. The van der Waals surface area contributed by atoms with Gasteiger partial charge in [0.05, 0.1) is 12.5 Å². The fourth-order valence-electron chi connectivity index (χ4n) is 2.88. The van der Waals surface area contributed by atoms with E-state index in [9.17, 15) is 9.18 Å². The summed E-state index contributed by atoms with van der Waals surface area (Å²) >= 11 is 3.02. The Labute approximate surface area is 166 Å². The maximum atomic E-state index is 13.9. The third-order valence-electron chi connectivity index (χ3n) is 4.57. The molecule has 0 atom stereocenters. The summed E-state index contributed by atoms with van der Waals surface area (Å²) in [5.74, 6) is 0.383. The average molecular weight is 407 g/mol. The van der Waals surface area contributed by atoms with Gasteiger partial charge in [0.2, 0.25) is 0 Å². The van der Waals surface area contributed by atoms with Crippen LogP contribution in [0.5, 0.6) is 5.75 Å². The second-order valence-corrected chi connectivity index (χ2v) is 8.57. The van der Waals surface area contributed by atoms with Crippen molar-refractivity contribution in [1.82, 2.24) is 9.55 Å². The first-order valence-corrected chi connectivity index (χ1v) is 10.7. The Morgan fingerprint density at radius 3 is 2.78 bits per heavy atom. The quantitative estimate of drug-likeness (QED) is 0.394. The number of unbranched alkanes of at least 4 members (excludes halogenated alkanes) is 1. The van der Waals surface area contributed by atoms with Crippen LogP contribution >= 0.6 is 23.1 Å². The van der Waals surface area contributed by atoms with Gasteiger partial charge < -0.3 is 4.74 Å². The summed E-state index contributed by atoms with van der Waals surface area (Å²) in [5.41, 5.74) is 1.87. The smallest absolute Gasteiger partial charge is 0.263 e. The molecule has 0 bridgehead atoms. The summed E-state index contributed by atoms with van der Waals surface area (Å²) in [6.45, 7) is 6.74. The number of benzene rings is 1. The van der Waals surface area contributed by atoms with Crippen LogP contribution in [0, 0.1) is 19.7 Å². The largest absolute Gasteiger partial charge is 0.494 e. The Morgan fingerprint density at radius 2 is 2.11 bits per heavy atom. The zero-order valence-corrected chi connectivity index (χ0v) is 17.6. The minimum atomic E-state index is -0.383. The first-order valence-electron chi connectivity index (χ1n) is 8.92. The molecule has 0 unspecified atom stereocenters. The van der Waals surface area contributed by atoms with Gasteiger partial charge in [0, 0.05) is 17.2 Å². The van der Waals surface area contributed by atoms with E-state index >= 15 is 0 Å². The second kappa shape index (κ2) is 8.44. The zero-order valence-electron chi connectivity index (χ0n) is 16.0. The van der Waals surface area contributed by atoms with E-state index in [0.717, 1.165) is 39.1 Å². The van der Waals surface area contributed by atoms with Gasteiger partial charge in [-0.25, -0.2) is 9.37 Å². The van der Waals surface area contributed by atoms with Crippen molar-refractivity contribution in [1.29, 1.82) is 0 Å². The number of nitrogens with zero attached hydrogens (tertiary/aromatic N) is 2. The molecule has 0 spiro atoms. The van der Waals surface area contributed by atoms with Crippen LogP contribution in [0.4, 0.5) is 4.39 Å². The molecule has 0 aliphatic carbocycles. The molecule has 0 amide bonds. The molecule has 0 radical (unpaired) electrons. The SMILES string of the molecule is CCCCn1c(SCc2ccc(OC)c(F)c2)nc2sc(C)c(C)c2c1=O. The monoisotopic (exact) mass is 406 g/mol. The lowest BCUT2D eigenvalue weighted by Gasteiger charge is -2.12. The van der Waals surface area contributed by atoms with E-state index in [4.69, 9.17) is 9.72 Å². The van der Waals surface area contributed by atoms with E-state index in [-0.39, 0.29) is 17.1 Å². The second-order valence-electron chi connectivity index (χ2n) is 6.43. The number of thiophene rings is 1. The first kappa shape index (κ1) is 19.9. The lowest BCUT2D eigenvalue weighted by molar-refractivity contribution is 0.386. The molecule has 3 rings (SSSR count). The average Bonchev–Trinajstić information content (AvgIpc) is 2.93. The van der Waals surface area contributed by atoms with Gasteiger partial charge in [0.15, 0.2) is 16.7 Å². The number of fused-ring (bicyclic) bond motifs is 1. The van der Waals surface area contributed by atoms with Crippen molar-refractivity contribution in [2.45, 2.75) is 51.1 Å². The number of thioether (sulfide) groups is 1. The Kier molecular flexibility index (Phi) is 6.22. The summed E-state index contributed by atoms with van der Waals surface area (Å²) < 4.78 is 20.7. The fourth-order valence-corrected chi connectivity index (χ4v) is 4.92. The van der Waals surface area contributed by atoms with Crippen LogP contribution in [-0.4, -0.2) is 16.7 Å². The highest BCUT2D eigenvalue weighted by molar-refractivity contribution is 7.98. The number of aryl methyl sites for hydroxylation is 2. The number of hydrogen-bond donors (Lipinski definition) is 0. The normalized spacial score (nSPS) is 11.3. The standard InChI is InChI=1S/C20H23FN2O2S2/c1-5-6-9-23-19(24)17-12(2)13(3)27-18(17)22-20(23)26-11-14-7-8-16(25-4)15(21)10-14/h7-8,10H,5-6,9,11H2,1-4H3. The molecule has 0 aliphatic rings. The third-order valence-corrected chi connectivity index (χ3v) is 6.72. The number of halogens is 1. The van der Waals surface area contributed by atoms with Gasteiger partial charge in [-0.1, -0.05) is 31.2 Å². The van der Waals surface area contributed by atoms with Crippen LogP contribution in [0.3, 0.4) is 0 Å². The summed E-state index contributed by atoms with van der Waals surface area (Å²) in [5, 5.41) is 1.42. The van der Waals surface area contributed by atoms with E-state index in [1.165, 1.54) is 24.9 Å². The van der Waals surface area contributed by atoms with Crippen molar-refractivity contribution < 1.29 is 9.13 Å². The molecule has 144 valence electrons. The summed E-state index contributed by atoms with van der Waals surface area (Å²) in [7, 11) is 1.45. The predicted octanol–water partition coefficient (Wildman–Crippen LogP) is 5.31. The highest BCUT2D eigenvalue weighted by atomic mass is 32.2. The molecular weight excluding hydrogens is 383 g/mol. The molecular formula is C20H23FN2O2S2. The molecule has 2 heterocycles. The topological polar surface area (TPSA) is 44.1 Å². The van der Waals surface area contributed by atoms with E-state index in [1.54, 1.807) is 22.0 Å². The molecule has 0 fully saturated rings. The lowest BCUT2D eigenvalue weighted by atomic mass is 10.2. The molecule has 4 nitrogen and oxygen atoms in total. The summed E-state index contributed by atoms with van der Waals surface area (Å²) in [6, 6.07) is 4.93. The number of rotatable bonds is 7. The molecule has 0 saturated heterocycles. The van der Waals surface area contributed by atoms with Crippen LogP contribution in [-0.2, 0) is 12.3 Å². The minimum absolute atomic E-state index is 0.0266. The van der Waals surface area contributed by atoms with Crippen LogP contribution in [0.15, 0.2) is 28.2 Å². The summed E-state index contributed by atoms with van der Waals surface area (Å²) in [6.07, 6.45) is 1.92.